The first-order chi connectivity index (χ1) is 6.40. The van der Waals surface area contributed by atoms with E-state index in [1.807, 2.05) is 0 Å². The normalized spacial score (nSPS) is 10.5. The maximum absolute atomic E-state index is 5.20. The summed E-state index contributed by atoms with van der Waals surface area (Å²) in [7, 11) is 1.56. The van der Waals surface area contributed by atoms with Crippen LogP contribution in [0.5, 0.6) is 0 Å². The molecule has 0 bridgehead atoms. The third-order valence-electron chi connectivity index (χ3n) is 1.37. The fourth-order valence-electron chi connectivity index (χ4n) is 0.844. The molecule has 7 heteroatoms. The SMILES string of the molecule is COCc1nnc(-c2cn[nH]n2)o1. The second-order valence-corrected chi connectivity index (χ2v) is 2.29. The molecule has 0 saturated carbocycles. The van der Waals surface area contributed by atoms with E-state index in [1.165, 1.54) is 6.20 Å². The van der Waals surface area contributed by atoms with E-state index in [9.17, 15) is 0 Å². The third kappa shape index (κ3) is 1.54. The molecule has 0 aliphatic carbocycles. The molecule has 0 aromatic carbocycles. The Bertz CT molecular complexity index is 368. The topological polar surface area (TPSA) is 89.7 Å². The molecule has 0 radical (unpaired) electrons. The lowest BCUT2D eigenvalue weighted by Gasteiger charge is -1.87. The van der Waals surface area contributed by atoms with Gasteiger partial charge in [0.15, 0.2) is 5.69 Å². The Balaban J connectivity index is 2.23. The van der Waals surface area contributed by atoms with Gasteiger partial charge in [-0.1, -0.05) is 0 Å². The summed E-state index contributed by atoms with van der Waals surface area (Å²) >= 11 is 0. The quantitative estimate of drug-likeness (QED) is 0.716. The van der Waals surface area contributed by atoms with E-state index in [-0.39, 0.29) is 0 Å². The lowest BCUT2D eigenvalue weighted by Crippen LogP contribution is -1.85. The lowest BCUT2D eigenvalue weighted by molar-refractivity contribution is 0.160. The first-order valence-corrected chi connectivity index (χ1v) is 3.57. The van der Waals surface area contributed by atoms with E-state index >= 15 is 0 Å². The molecule has 13 heavy (non-hydrogen) atoms. The Morgan fingerprint density at radius 1 is 1.54 bits per heavy atom. The molecule has 0 aliphatic heterocycles. The fraction of sp³-hybridized carbons (Fsp3) is 0.333. The average molecular weight is 181 g/mol. The number of hydrogen-bond donors (Lipinski definition) is 1. The Hall–Kier alpha value is -1.76. The highest BCUT2D eigenvalue weighted by Gasteiger charge is 2.09. The Kier molecular flexibility index (Phi) is 2.01. The first kappa shape index (κ1) is 7.87. The van der Waals surface area contributed by atoms with Crippen LogP contribution < -0.4 is 0 Å². The molecule has 2 rings (SSSR count). The summed E-state index contributed by atoms with van der Waals surface area (Å²) in [6.45, 7) is 0.296. The van der Waals surface area contributed by atoms with Gasteiger partial charge in [-0.2, -0.15) is 15.4 Å². The molecule has 1 N–H and O–H groups in total. The molecule has 0 atom stereocenters. The average Bonchev–Trinajstić information content (AvgIpc) is 2.70. The summed E-state index contributed by atoms with van der Waals surface area (Å²) in [4.78, 5) is 0. The summed E-state index contributed by atoms with van der Waals surface area (Å²) in [5.41, 5.74) is 0.523. The number of methoxy groups -OCH3 is 1. The van der Waals surface area contributed by atoms with E-state index in [4.69, 9.17) is 9.15 Å². The van der Waals surface area contributed by atoms with Gasteiger partial charge in [0.2, 0.25) is 5.89 Å². The van der Waals surface area contributed by atoms with Gasteiger partial charge in [0.05, 0.1) is 6.20 Å². The van der Waals surface area contributed by atoms with Gasteiger partial charge in [0.25, 0.3) is 5.89 Å². The van der Waals surface area contributed by atoms with Crippen LogP contribution >= 0.6 is 0 Å². The molecule has 0 fully saturated rings. The molecule has 2 heterocycles. The smallest absolute Gasteiger partial charge is 0.269 e. The molecule has 0 spiro atoms. The minimum atomic E-state index is 0.296. The van der Waals surface area contributed by atoms with Crippen LogP contribution in [0.3, 0.4) is 0 Å². The van der Waals surface area contributed by atoms with E-state index in [1.54, 1.807) is 7.11 Å². The number of aromatic amines is 1. The van der Waals surface area contributed by atoms with E-state index in [0.29, 0.717) is 24.1 Å². The molecular weight excluding hydrogens is 174 g/mol. The van der Waals surface area contributed by atoms with E-state index in [2.05, 4.69) is 25.6 Å². The van der Waals surface area contributed by atoms with Crippen LogP contribution in [-0.2, 0) is 11.3 Å². The molecular formula is C6H7N5O2. The fourth-order valence-corrected chi connectivity index (χ4v) is 0.844. The van der Waals surface area contributed by atoms with Gasteiger partial charge in [-0.25, -0.2) is 0 Å². The minimum Gasteiger partial charge on any atom is -0.417 e. The zero-order valence-corrected chi connectivity index (χ0v) is 6.89. The monoisotopic (exact) mass is 181 g/mol. The predicted octanol–water partition coefficient (Wildman–Crippen LogP) is 0.00110. The number of rotatable bonds is 3. The lowest BCUT2D eigenvalue weighted by atomic mass is 10.5. The van der Waals surface area contributed by atoms with E-state index < -0.39 is 0 Å². The predicted molar refractivity (Wildman–Crippen MR) is 40.4 cm³/mol. The van der Waals surface area contributed by atoms with Gasteiger partial charge in [-0.05, 0) is 0 Å². The van der Waals surface area contributed by atoms with Crippen molar-refractivity contribution in [3.63, 3.8) is 0 Å². The molecule has 0 aliphatic rings. The molecule has 2 aromatic rings. The Morgan fingerprint density at radius 2 is 2.46 bits per heavy atom. The molecule has 68 valence electrons. The second-order valence-electron chi connectivity index (χ2n) is 2.29. The molecule has 2 aromatic heterocycles. The first-order valence-electron chi connectivity index (χ1n) is 3.57. The van der Waals surface area contributed by atoms with Crippen molar-refractivity contribution in [3.8, 4) is 11.6 Å². The Labute approximate surface area is 73.1 Å². The number of ether oxygens (including phenoxy) is 1. The van der Waals surface area contributed by atoms with Gasteiger partial charge < -0.3 is 9.15 Å². The number of nitrogens with one attached hydrogen (secondary N) is 1. The number of nitrogens with zero attached hydrogens (tertiary/aromatic N) is 4. The summed E-state index contributed by atoms with van der Waals surface area (Å²) in [5.74, 6) is 0.751. The molecule has 0 amide bonds. The van der Waals surface area contributed by atoms with Gasteiger partial charge in [-0.15, -0.1) is 10.2 Å². The number of H-pyrrole nitrogens is 1. The second kappa shape index (κ2) is 3.31. The standard InChI is InChI=1S/C6H7N5O2/c1-12-3-5-9-10-6(13-5)4-2-7-11-8-4/h2H,3H2,1H3,(H,7,8,11). The maximum atomic E-state index is 5.20. The highest BCUT2D eigenvalue weighted by atomic mass is 16.5. The zero-order valence-electron chi connectivity index (χ0n) is 6.89. The van der Waals surface area contributed by atoms with Gasteiger partial charge in [0, 0.05) is 7.11 Å². The molecule has 0 saturated heterocycles. The van der Waals surface area contributed by atoms with Crippen LogP contribution in [0.25, 0.3) is 11.6 Å². The summed E-state index contributed by atoms with van der Waals surface area (Å²) in [5, 5.41) is 17.4. The van der Waals surface area contributed by atoms with Crippen LogP contribution in [0.2, 0.25) is 0 Å². The number of hydrogen-bond acceptors (Lipinski definition) is 6. The van der Waals surface area contributed by atoms with Crippen molar-refractivity contribution in [2.45, 2.75) is 6.61 Å². The van der Waals surface area contributed by atoms with Crippen molar-refractivity contribution in [1.82, 2.24) is 25.6 Å². The summed E-state index contributed by atoms with van der Waals surface area (Å²) in [6, 6.07) is 0. The van der Waals surface area contributed by atoms with Crippen molar-refractivity contribution < 1.29 is 9.15 Å². The maximum Gasteiger partial charge on any atom is 0.269 e. The highest BCUT2D eigenvalue weighted by Crippen LogP contribution is 2.12. The zero-order chi connectivity index (χ0) is 9.10. The largest absolute Gasteiger partial charge is 0.417 e. The van der Waals surface area contributed by atoms with Gasteiger partial charge in [-0.3, -0.25) is 0 Å². The third-order valence-corrected chi connectivity index (χ3v) is 1.37. The van der Waals surface area contributed by atoms with Crippen molar-refractivity contribution in [2.24, 2.45) is 0 Å². The van der Waals surface area contributed by atoms with Crippen LogP contribution in [0.15, 0.2) is 10.6 Å². The summed E-state index contributed by atoms with van der Waals surface area (Å²) in [6.07, 6.45) is 1.50. The summed E-state index contributed by atoms with van der Waals surface area (Å²) < 4.78 is 10.0. The Morgan fingerprint density at radius 3 is 3.15 bits per heavy atom. The van der Waals surface area contributed by atoms with E-state index in [0.717, 1.165) is 0 Å². The van der Waals surface area contributed by atoms with Crippen molar-refractivity contribution in [1.29, 1.82) is 0 Å². The van der Waals surface area contributed by atoms with Crippen LogP contribution in [-0.4, -0.2) is 32.7 Å². The van der Waals surface area contributed by atoms with Crippen molar-refractivity contribution >= 4 is 0 Å². The molecule has 0 unspecified atom stereocenters. The highest BCUT2D eigenvalue weighted by molar-refractivity contribution is 5.42. The number of aromatic nitrogens is 5. The molecule has 7 nitrogen and oxygen atoms in total. The van der Waals surface area contributed by atoms with Crippen LogP contribution in [0.1, 0.15) is 5.89 Å². The minimum absolute atomic E-state index is 0.296. The van der Waals surface area contributed by atoms with Crippen molar-refractivity contribution in [2.75, 3.05) is 7.11 Å². The van der Waals surface area contributed by atoms with Crippen molar-refractivity contribution in [3.05, 3.63) is 12.1 Å². The van der Waals surface area contributed by atoms with Crippen LogP contribution in [0, 0.1) is 0 Å². The van der Waals surface area contributed by atoms with Gasteiger partial charge in [0.1, 0.15) is 6.61 Å². The van der Waals surface area contributed by atoms with Crippen LogP contribution in [0.4, 0.5) is 0 Å². The van der Waals surface area contributed by atoms with Gasteiger partial charge >= 0.3 is 0 Å².